The number of methoxy groups -OCH3 is 1. The molecule has 6 nitrogen and oxygen atoms in total. The van der Waals surface area contributed by atoms with Crippen LogP contribution in [0.2, 0.25) is 0 Å². The predicted molar refractivity (Wildman–Crippen MR) is 102 cm³/mol. The van der Waals surface area contributed by atoms with Gasteiger partial charge in [-0.15, -0.1) is 0 Å². The van der Waals surface area contributed by atoms with Gasteiger partial charge in [0.1, 0.15) is 17.1 Å². The molecule has 1 N–H and O–H groups in total. The first kappa shape index (κ1) is 21.1. The van der Waals surface area contributed by atoms with Crippen LogP contribution in [0.3, 0.4) is 0 Å². The van der Waals surface area contributed by atoms with Crippen molar-refractivity contribution in [3.63, 3.8) is 0 Å². The van der Waals surface area contributed by atoms with E-state index in [2.05, 4.69) is 15.3 Å². The molecule has 2 aromatic carbocycles. The fourth-order valence-corrected chi connectivity index (χ4v) is 2.51. The zero-order valence-electron chi connectivity index (χ0n) is 16.2. The average Bonchev–Trinajstić information content (AvgIpc) is 2.73. The second-order valence-electron chi connectivity index (χ2n) is 6.36. The molecule has 0 aliphatic rings. The highest BCUT2D eigenvalue weighted by atomic mass is 19.4. The van der Waals surface area contributed by atoms with Crippen molar-refractivity contribution in [3.05, 3.63) is 77.2 Å². The van der Waals surface area contributed by atoms with Crippen LogP contribution >= 0.6 is 0 Å². The molecule has 1 aromatic heterocycles. The van der Waals surface area contributed by atoms with Crippen LogP contribution < -0.4 is 14.8 Å². The minimum absolute atomic E-state index is 0.147. The summed E-state index contributed by atoms with van der Waals surface area (Å²) in [7, 11) is 1.13. The number of nitrogens with one attached hydrogen (secondary N) is 1. The van der Waals surface area contributed by atoms with Crippen molar-refractivity contribution in [2.75, 3.05) is 7.11 Å². The smallest absolute Gasteiger partial charge is 0.451 e. The Hall–Kier alpha value is -3.62. The van der Waals surface area contributed by atoms with Gasteiger partial charge in [0.2, 0.25) is 11.7 Å². The third-order valence-electron chi connectivity index (χ3n) is 4.08. The lowest BCUT2D eigenvalue weighted by Crippen LogP contribution is -2.24. The number of benzene rings is 2. The van der Waals surface area contributed by atoms with Gasteiger partial charge in [0.05, 0.1) is 7.11 Å². The molecule has 0 bridgehead atoms. The Balaban J connectivity index is 1.62. The minimum Gasteiger partial charge on any atom is -0.480 e. The van der Waals surface area contributed by atoms with Gasteiger partial charge in [0.25, 0.3) is 5.91 Å². The van der Waals surface area contributed by atoms with Crippen molar-refractivity contribution in [2.45, 2.75) is 19.6 Å². The molecule has 0 atom stereocenters. The van der Waals surface area contributed by atoms with Gasteiger partial charge in [0, 0.05) is 12.7 Å². The second kappa shape index (κ2) is 8.81. The Bertz CT molecular complexity index is 1020. The molecule has 9 heteroatoms. The highest BCUT2D eigenvalue weighted by Crippen LogP contribution is 2.28. The Morgan fingerprint density at radius 1 is 1.03 bits per heavy atom. The third kappa shape index (κ3) is 5.25. The van der Waals surface area contributed by atoms with Crippen molar-refractivity contribution in [3.8, 4) is 17.4 Å². The standard InChI is InChI=1S/C21H18F3N3O3/c1-13-3-7-15(8-4-13)30-16-9-5-14(6-10-16)11-25-18(28)17-12-26-20(21(22,23)24)27-19(17)29-2/h3-10,12H,11H2,1-2H3,(H,25,28). The van der Waals surface area contributed by atoms with Crippen LogP contribution in [0, 0.1) is 6.92 Å². The first-order valence-corrected chi connectivity index (χ1v) is 8.86. The first-order chi connectivity index (χ1) is 14.3. The highest BCUT2D eigenvalue weighted by molar-refractivity contribution is 5.96. The van der Waals surface area contributed by atoms with Crippen LogP contribution in [-0.2, 0) is 12.7 Å². The number of rotatable bonds is 6. The van der Waals surface area contributed by atoms with Gasteiger partial charge in [-0.3, -0.25) is 4.79 Å². The summed E-state index contributed by atoms with van der Waals surface area (Å²) in [6.45, 7) is 2.13. The number of carbonyl (C=O) groups excluding carboxylic acids is 1. The normalized spacial score (nSPS) is 11.1. The largest absolute Gasteiger partial charge is 0.480 e. The monoisotopic (exact) mass is 417 g/mol. The Kier molecular flexibility index (Phi) is 6.20. The molecule has 1 amide bonds. The maximum atomic E-state index is 12.7. The summed E-state index contributed by atoms with van der Waals surface area (Å²) in [6, 6.07) is 14.7. The molecule has 0 aliphatic carbocycles. The lowest BCUT2D eigenvalue weighted by atomic mass is 10.2. The fourth-order valence-electron chi connectivity index (χ4n) is 2.51. The van der Waals surface area contributed by atoms with Gasteiger partial charge < -0.3 is 14.8 Å². The van der Waals surface area contributed by atoms with E-state index < -0.39 is 23.8 Å². The molecule has 0 saturated heterocycles. The number of ether oxygens (including phenoxy) is 2. The van der Waals surface area contributed by atoms with E-state index in [1.165, 1.54) is 0 Å². The number of alkyl halides is 3. The molecule has 0 fully saturated rings. The van der Waals surface area contributed by atoms with Crippen LogP contribution in [0.15, 0.2) is 54.7 Å². The van der Waals surface area contributed by atoms with Crippen molar-refractivity contribution in [1.82, 2.24) is 15.3 Å². The molecular formula is C21H18F3N3O3. The van der Waals surface area contributed by atoms with Crippen LogP contribution in [-0.4, -0.2) is 23.0 Å². The number of hydrogen-bond donors (Lipinski definition) is 1. The summed E-state index contributed by atoms with van der Waals surface area (Å²) in [4.78, 5) is 18.8. The molecule has 156 valence electrons. The highest BCUT2D eigenvalue weighted by Gasteiger charge is 2.36. The molecule has 0 saturated carbocycles. The molecule has 3 aromatic rings. The molecule has 0 unspecified atom stereocenters. The first-order valence-electron chi connectivity index (χ1n) is 8.86. The Labute approximate surface area is 170 Å². The minimum atomic E-state index is -4.73. The number of halogens is 3. The fraction of sp³-hybridized carbons (Fsp3) is 0.190. The lowest BCUT2D eigenvalue weighted by molar-refractivity contribution is -0.145. The maximum Gasteiger partial charge on any atom is 0.451 e. The van der Waals surface area contributed by atoms with E-state index in [1.54, 1.807) is 24.3 Å². The number of carbonyl (C=O) groups is 1. The number of amides is 1. The second-order valence-corrected chi connectivity index (χ2v) is 6.36. The predicted octanol–water partition coefficient (Wildman–Crippen LogP) is 4.53. The van der Waals surface area contributed by atoms with E-state index in [1.807, 2.05) is 31.2 Å². The van der Waals surface area contributed by atoms with Crippen LogP contribution in [0.4, 0.5) is 13.2 Å². The summed E-state index contributed by atoms with van der Waals surface area (Å²) < 4.78 is 48.7. The number of aryl methyl sites for hydroxylation is 1. The molecule has 3 rings (SSSR count). The van der Waals surface area contributed by atoms with Crippen LogP contribution in [0.1, 0.15) is 27.3 Å². The summed E-state index contributed by atoms with van der Waals surface area (Å²) in [5, 5.41) is 2.60. The zero-order chi connectivity index (χ0) is 21.7. The number of hydrogen-bond acceptors (Lipinski definition) is 5. The van der Waals surface area contributed by atoms with Gasteiger partial charge in [-0.1, -0.05) is 29.8 Å². The summed E-state index contributed by atoms with van der Waals surface area (Å²) in [6.07, 6.45) is -3.94. The maximum absolute atomic E-state index is 12.7. The lowest BCUT2D eigenvalue weighted by Gasteiger charge is -2.11. The van der Waals surface area contributed by atoms with Gasteiger partial charge >= 0.3 is 6.18 Å². The van der Waals surface area contributed by atoms with Gasteiger partial charge in [0.15, 0.2) is 0 Å². The van der Waals surface area contributed by atoms with Gasteiger partial charge in [-0.25, -0.2) is 4.98 Å². The molecule has 0 radical (unpaired) electrons. The average molecular weight is 417 g/mol. The van der Waals surface area contributed by atoms with Crippen molar-refractivity contribution in [1.29, 1.82) is 0 Å². The summed E-state index contributed by atoms with van der Waals surface area (Å²) in [5.41, 5.74) is 1.71. The van der Waals surface area contributed by atoms with Crippen molar-refractivity contribution < 1.29 is 27.4 Å². The van der Waals surface area contributed by atoms with E-state index in [4.69, 9.17) is 9.47 Å². The summed E-state index contributed by atoms with van der Waals surface area (Å²) >= 11 is 0. The quantitative estimate of drug-likeness (QED) is 0.638. The Morgan fingerprint density at radius 3 is 2.20 bits per heavy atom. The number of nitrogens with zero attached hydrogens (tertiary/aromatic N) is 2. The number of aromatic nitrogens is 2. The summed E-state index contributed by atoms with van der Waals surface area (Å²) in [5.74, 6) is -1.14. The molecule has 30 heavy (non-hydrogen) atoms. The van der Waals surface area contributed by atoms with Crippen LogP contribution in [0.5, 0.6) is 17.4 Å². The van der Waals surface area contributed by atoms with E-state index in [9.17, 15) is 18.0 Å². The van der Waals surface area contributed by atoms with E-state index in [0.717, 1.165) is 24.4 Å². The van der Waals surface area contributed by atoms with Gasteiger partial charge in [-0.2, -0.15) is 18.2 Å². The zero-order valence-corrected chi connectivity index (χ0v) is 16.2. The van der Waals surface area contributed by atoms with E-state index in [-0.39, 0.29) is 12.1 Å². The molecule has 0 spiro atoms. The van der Waals surface area contributed by atoms with Crippen LogP contribution in [0.25, 0.3) is 0 Å². The molecule has 1 heterocycles. The van der Waals surface area contributed by atoms with E-state index >= 15 is 0 Å². The molecule has 0 aliphatic heterocycles. The van der Waals surface area contributed by atoms with Gasteiger partial charge in [-0.05, 0) is 36.8 Å². The Morgan fingerprint density at radius 2 is 1.63 bits per heavy atom. The topological polar surface area (TPSA) is 73.3 Å². The van der Waals surface area contributed by atoms with E-state index in [0.29, 0.717) is 11.5 Å². The van der Waals surface area contributed by atoms with Crippen molar-refractivity contribution >= 4 is 5.91 Å². The third-order valence-corrected chi connectivity index (χ3v) is 4.08. The molecular weight excluding hydrogens is 399 g/mol. The van der Waals surface area contributed by atoms with Crippen molar-refractivity contribution in [2.24, 2.45) is 0 Å². The SMILES string of the molecule is COc1nc(C(F)(F)F)ncc1C(=O)NCc1ccc(Oc2ccc(C)cc2)cc1.